The predicted octanol–water partition coefficient (Wildman–Crippen LogP) is 0.444. The average molecular weight is 231 g/mol. The van der Waals surface area contributed by atoms with Gasteiger partial charge in [-0.05, 0) is 18.2 Å². The monoisotopic (exact) mass is 231 g/mol. The highest BCUT2D eigenvalue weighted by molar-refractivity contribution is 5.98. The number of amides is 1. The van der Waals surface area contributed by atoms with E-state index in [1.807, 2.05) is 0 Å². The Bertz CT molecular complexity index is 583. The molecule has 17 heavy (non-hydrogen) atoms. The van der Waals surface area contributed by atoms with Gasteiger partial charge < -0.3 is 10.4 Å². The zero-order valence-corrected chi connectivity index (χ0v) is 8.75. The number of carboxylic acid groups (broad SMARTS) is 1. The van der Waals surface area contributed by atoms with E-state index in [1.54, 1.807) is 24.4 Å². The van der Waals surface area contributed by atoms with Crippen LogP contribution >= 0.6 is 0 Å². The molecule has 0 saturated carbocycles. The van der Waals surface area contributed by atoms with E-state index in [-0.39, 0.29) is 0 Å². The van der Waals surface area contributed by atoms with E-state index in [0.29, 0.717) is 16.6 Å². The van der Waals surface area contributed by atoms with Crippen LogP contribution < -0.4 is 5.32 Å². The highest BCUT2D eigenvalue weighted by Gasteiger charge is 2.08. The summed E-state index contributed by atoms with van der Waals surface area (Å²) in [5.74, 6) is -1.53. The second-order valence-electron chi connectivity index (χ2n) is 3.34. The zero-order valence-electron chi connectivity index (χ0n) is 8.75. The highest BCUT2D eigenvalue weighted by Crippen LogP contribution is 2.10. The highest BCUT2D eigenvalue weighted by atomic mass is 16.4. The van der Waals surface area contributed by atoms with Gasteiger partial charge in [0.15, 0.2) is 0 Å². The van der Waals surface area contributed by atoms with Crippen molar-refractivity contribution < 1.29 is 14.7 Å². The minimum atomic E-state index is -1.08. The molecule has 86 valence electrons. The van der Waals surface area contributed by atoms with Gasteiger partial charge in [0.1, 0.15) is 6.54 Å². The first-order chi connectivity index (χ1) is 8.16. The van der Waals surface area contributed by atoms with E-state index in [9.17, 15) is 9.59 Å². The maximum atomic E-state index is 11.6. The Morgan fingerprint density at radius 1 is 1.18 bits per heavy atom. The Balaban J connectivity index is 2.24. The van der Waals surface area contributed by atoms with Gasteiger partial charge >= 0.3 is 5.97 Å². The Morgan fingerprint density at radius 2 is 1.88 bits per heavy atom. The molecule has 1 heterocycles. The first kappa shape index (κ1) is 11.0. The first-order valence-corrected chi connectivity index (χ1v) is 4.87. The normalized spacial score (nSPS) is 10.1. The van der Waals surface area contributed by atoms with E-state index in [1.165, 1.54) is 6.20 Å². The lowest BCUT2D eigenvalue weighted by Gasteiger charge is -2.03. The number of fused-ring (bicyclic) bond motifs is 1. The van der Waals surface area contributed by atoms with Crippen LogP contribution in [0, 0.1) is 0 Å². The van der Waals surface area contributed by atoms with Crippen molar-refractivity contribution in [3.63, 3.8) is 0 Å². The van der Waals surface area contributed by atoms with Gasteiger partial charge in [-0.15, -0.1) is 0 Å². The van der Waals surface area contributed by atoms with Crippen molar-refractivity contribution in [2.75, 3.05) is 6.54 Å². The van der Waals surface area contributed by atoms with Gasteiger partial charge in [0.05, 0.1) is 11.0 Å². The third-order valence-corrected chi connectivity index (χ3v) is 2.13. The Kier molecular flexibility index (Phi) is 2.95. The molecule has 2 aromatic rings. The topological polar surface area (TPSA) is 92.2 Å². The number of benzene rings is 1. The number of hydrogen-bond acceptors (Lipinski definition) is 4. The molecule has 1 aromatic heterocycles. The van der Waals surface area contributed by atoms with Crippen LogP contribution in [0.15, 0.2) is 30.6 Å². The average Bonchev–Trinajstić information content (AvgIpc) is 2.35. The molecule has 0 aliphatic heterocycles. The molecule has 0 aliphatic rings. The summed E-state index contributed by atoms with van der Waals surface area (Å²) in [6.45, 7) is -0.405. The Labute approximate surface area is 96.3 Å². The van der Waals surface area contributed by atoms with Gasteiger partial charge in [-0.3, -0.25) is 19.6 Å². The summed E-state index contributed by atoms with van der Waals surface area (Å²) < 4.78 is 0. The van der Waals surface area contributed by atoms with Crippen LogP contribution in [0.4, 0.5) is 0 Å². The van der Waals surface area contributed by atoms with Crippen LogP contribution in [0.3, 0.4) is 0 Å². The van der Waals surface area contributed by atoms with Crippen molar-refractivity contribution in [1.29, 1.82) is 0 Å². The molecule has 6 heteroatoms. The molecular formula is C11H9N3O3. The molecule has 2 N–H and O–H groups in total. The predicted molar refractivity (Wildman–Crippen MR) is 59.5 cm³/mol. The molecule has 1 aromatic carbocycles. The number of carbonyl (C=O) groups excluding carboxylic acids is 1. The summed E-state index contributed by atoms with van der Waals surface area (Å²) in [6, 6.07) is 4.81. The number of nitrogens with zero attached hydrogens (tertiary/aromatic N) is 2. The van der Waals surface area contributed by atoms with Crippen LogP contribution in [0.25, 0.3) is 11.0 Å². The maximum Gasteiger partial charge on any atom is 0.322 e. The summed E-state index contributed by atoms with van der Waals surface area (Å²) in [4.78, 5) is 30.0. The standard InChI is InChI=1S/C11H9N3O3/c15-10(16)6-14-11(17)7-1-2-8-9(5-7)13-4-3-12-8/h1-5H,6H2,(H,14,17)(H,15,16). The zero-order chi connectivity index (χ0) is 12.3. The summed E-state index contributed by atoms with van der Waals surface area (Å²) in [6.07, 6.45) is 3.09. The second kappa shape index (κ2) is 4.56. The van der Waals surface area contributed by atoms with Crippen LogP contribution in [-0.4, -0.2) is 33.5 Å². The summed E-state index contributed by atoms with van der Waals surface area (Å²) in [5.41, 5.74) is 1.64. The largest absolute Gasteiger partial charge is 0.480 e. The molecule has 0 aliphatic carbocycles. The molecule has 0 saturated heterocycles. The summed E-state index contributed by atoms with van der Waals surface area (Å²) in [5, 5.41) is 10.7. The summed E-state index contributed by atoms with van der Waals surface area (Å²) in [7, 11) is 0. The van der Waals surface area contributed by atoms with Crippen LogP contribution in [0.5, 0.6) is 0 Å². The van der Waals surface area contributed by atoms with Crippen molar-refractivity contribution in [3.05, 3.63) is 36.2 Å². The van der Waals surface area contributed by atoms with Gasteiger partial charge in [-0.2, -0.15) is 0 Å². The van der Waals surface area contributed by atoms with Crippen LogP contribution in [0.2, 0.25) is 0 Å². The number of rotatable bonds is 3. The Hall–Kier alpha value is -2.50. The fourth-order valence-electron chi connectivity index (χ4n) is 1.36. The fraction of sp³-hybridized carbons (Fsp3) is 0.0909. The number of aliphatic carboxylic acids is 1. The van der Waals surface area contributed by atoms with Crippen molar-refractivity contribution >= 4 is 22.9 Å². The molecule has 0 radical (unpaired) electrons. The van der Waals surface area contributed by atoms with Crippen molar-refractivity contribution in [3.8, 4) is 0 Å². The van der Waals surface area contributed by atoms with Gasteiger partial charge in [-0.25, -0.2) is 0 Å². The van der Waals surface area contributed by atoms with Crippen molar-refractivity contribution in [2.24, 2.45) is 0 Å². The lowest BCUT2D eigenvalue weighted by molar-refractivity contribution is -0.135. The van der Waals surface area contributed by atoms with E-state index in [4.69, 9.17) is 5.11 Å². The van der Waals surface area contributed by atoms with Crippen LogP contribution in [0.1, 0.15) is 10.4 Å². The number of hydrogen-bond donors (Lipinski definition) is 2. The minimum Gasteiger partial charge on any atom is -0.480 e. The number of carbonyl (C=O) groups is 2. The first-order valence-electron chi connectivity index (χ1n) is 4.87. The molecule has 1 amide bonds. The fourth-order valence-corrected chi connectivity index (χ4v) is 1.36. The molecule has 0 bridgehead atoms. The molecule has 0 atom stereocenters. The molecular weight excluding hydrogens is 222 g/mol. The third kappa shape index (κ3) is 2.54. The van der Waals surface area contributed by atoms with Gasteiger partial charge in [0.2, 0.25) is 0 Å². The third-order valence-electron chi connectivity index (χ3n) is 2.13. The Morgan fingerprint density at radius 3 is 2.59 bits per heavy atom. The van der Waals surface area contributed by atoms with Crippen molar-refractivity contribution in [2.45, 2.75) is 0 Å². The lowest BCUT2D eigenvalue weighted by atomic mass is 10.2. The SMILES string of the molecule is O=C(O)CNC(=O)c1ccc2nccnc2c1. The van der Waals surface area contributed by atoms with Crippen molar-refractivity contribution in [1.82, 2.24) is 15.3 Å². The number of nitrogens with one attached hydrogen (secondary N) is 1. The number of carboxylic acids is 1. The smallest absolute Gasteiger partial charge is 0.322 e. The molecule has 0 spiro atoms. The summed E-state index contributed by atoms with van der Waals surface area (Å²) >= 11 is 0. The van der Waals surface area contributed by atoms with E-state index >= 15 is 0 Å². The van der Waals surface area contributed by atoms with E-state index in [0.717, 1.165) is 0 Å². The van der Waals surface area contributed by atoms with E-state index < -0.39 is 18.4 Å². The second-order valence-corrected chi connectivity index (χ2v) is 3.34. The quantitative estimate of drug-likeness (QED) is 0.799. The molecule has 0 unspecified atom stereocenters. The molecule has 0 fully saturated rings. The van der Waals surface area contributed by atoms with Gasteiger partial charge in [0, 0.05) is 18.0 Å². The molecule has 6 nitrogen and oxygen atoms in total. The molecule has 2 rings (SSSR count). The minimum absolute atomic E-state index is 0.360. The van der Waals surface area contributed by atoms with Gasteiger partial charge in [0.25, 0.3) is 5.91 Å². The van der Waals surface area contributed by atoms with Gasteiger partial charge in [-0.1, -0.05) is 0 Å². The van der Waals surface area contributed by atoms with E-state index in [2.05, 4.69) is 15.3 Å². The lowest BCUT2D eigenvalue weighted by Crippen LogP contribution is -2.29. The van der Waals surface area contributed by atoms with Crippen LogP contribution in [-0.2, 0) is 4.79 Å². The number of aromatic nitrogens is 2. The maximum absolute atomic E-state index is 11.6.